The molecule has 7 heteroatoms. The Morgan fingerprint density at radius 1 is 1.36 bits per heavy atom. The molecular formula is C7H13N3O2S2. The number of nitrogens with zero attached hydrogens (tertiary/aromatic N) is 1. The van der Waals surface area contributed by atoms with Gasteiger partial charge in [0.25, 0.3) is 0 Å². The van der Waals surface area contributed by atoms with Crippen LogP contribution in [0.2, 0.25) is 0 Å². The number of thiocarbonyl (C=S) groups is 1. The molecule has 0 aliphatic rings. The third kappa shape index (κ3) is 6.67. The normalized spacial score (nSPS) is 9.07. The number of amides is 2. The summed E-state index contributed by atoms with van der Waals surface area (Å²) in [6, 6.07) is 0. The van der Waals surface area contributed by atoms with Crippen molar-refractivity contribution in [1.29, 1.82) is 0 Å². The van der Waals surface area contributed by atoms with Gasteiger partial charge in [-0.2, -0.15) is 0 Å². The smallest absolute Gasteiger partial charge is 0.248 e. The van der Waals surface area contributed by atoms with Crippen LogP contribution >= 0.6 is 24.0 Å². The standard InChI is InChI=1S/C7H13N3O2S2/c1-5(11)8-9-6(12)4-14-7(13)10(2)3/h4H2,1-3H3,(H,8,11)(H,9,12). The molecule has 5 nitrogen and oxygen atoms in total. The van der Waals surface area contributed by atoms with Crippen LogP contribution in [0.5, 0.6) is 0 Å². The molecule has 0 saturated carbocycles. The molecule has 14 heavy (non-hydrogen) atoms. The molecule has 0 spiro atoms. The molecule has 0 radical (unpaired) electrons. The maximum absolute atomic E-state index is 11.0. The summed E-state index contributed by atoms with van der Waals surface area (Å²) in [6.07, 6.45) is 0. The van der Waals surface area contributed by atoms with Crippen molar-refractivity contribution in [3.63, 3.8) is 0 Å². The van der Waals surface area contributed by atoms with E-state index in [9.17, 15) is 9.59 Å². The van der Waals surface area contributed by atoms with E-state index in [2.05, 4.69) is 10.9 Å². The van der Waals surface area contributed by atoms with Crippen LogP contribution in [-0.4, -0.2) is 40.9 Å². The third-order valence-corrected chi connectivity index (χ3v) is 2.81. The van der Waals surface area contributed by atoms with Gasteiger partial charge in [-0.05, 0) is 0 Å². The number of thioether (sulfide) groups is 1. The molecule has 80 valence electrons. The van der Waals surface area contributed by atoms with E-state index in [0.29, 0.717) is 4.32 Å². The molecule has 0 aromatic carbocycles. The summed E-state index contributed by atoms with van der Waals surface area (Å²) in [5, 5.41) is 0. The number of rotatable bonds is 2. The molecule has 0 unspecified atom stereocenters. The second-order valence-corrected chi connectivity index (χ2v) is 4.29. The van der Waals surface area contributed by atoms with E-state index >= 15 is 0 Å². The lowest BCUT2D eigenvalue weighted by Gasteiger charge is -2.12. The van der Waals surface area contributed by atoms with Crippen molar-refractivity contribution in [3.05, 3.63) is 0 Å². The molecule has 0 aromatic rings. The van der Waals surface area contributed by atoms with Crippen molar-refractivity contribution in [2.24, 2.45) is 0 Å². The molecule has 0 aliphatic carbocycles. The second-order valence-electron chi connectivity index (χ2n) is 2.68. The van der Waals surface area contributed by atoms with Crippen LogP contribution in [0.3, 0.4) is 0 Å². The summed E-state index contributed by atoms with van der Waals surface area (Å²) in [4.78, 5) is 23.2. The molecule has 0 saturated heterocycles. The molecular weight excluding hydrogens is 222 g/mol. The van der Waals surface area contributed by atoms with Crippen molar-refractivity contribution in [1.82, 2.24) is 15.8 Å². The average Bonchev–Trinajstić information content (AvgIpc) is 2.10. The molecule has 0 atom stereocenters. The number of nitrogens with one attached hydrogen (secondary N) is 2. The summed E-state index contributed by atoms with van der Waals surface area (Å²) >= 11 is 6.19. The van der Waals surface area contributed by atoms with Crippen LogP contribution in [0.25, 0.3) is 0 Å². The Morgan fingerprint density at radius 2 is 1.93 bits per heavy atom. The van der Waals surface area contributed by atoms with Gasteiger partial charge in [0.05, 0.1) is 5.75 Å². The molecule has 0 heterocycles. The van der Waals surface area contributed by atoms with Gasteiger partial charge < -0.3 is 4.90 Å². The van der Waals surface area contributed by atoms with Gasteiger partial charge in [-0.15, -0.1) is 0 Å². The van der Waals surface area contributed by atoms with Crippen LogP contribution in [0.15, 0.2) is 0 Å². The minimum atomic E-state index is -0.307. The molecule has 0 aliphatic heterocycles. The maximum Gasteiger partial charge on any atom is 0.248 e. The van der Waals surface area contributed by atoms with Crippen molar-refractivity contribution >= 4 is 40.1 Å². The fraction of sp³-hybridized carbons (Fsp3) is 0.571. The highest BCUT2D eigenvalue weighted by molar-refractivity contribution is 8.23. The number of hydrogen-bond acceptors (Lipinski definition) is 4. The Labute approximate surface area is 92.6 Å². The van der Waals surface area contributed by atoms with Crippen molar-refractivity contribution in [2.45, 2.75) is 6.92 Å². The first-order valence-electron chi connectivity index (χ1n) is 3.83. The topological polar surface area (TPSA) is 61.4 Å². The predicted molar refractivity (Wildman–Crippen MR) is 60.7 cm³/mol. The van der Waals surface area contributed by atoms with Gasteiger partial charge in [0.2, 0.25) is 11.8 Å². The second kappa shape index (κ2) is 6.61. The van der Waals surface area contributed by atoms with Gasteiger partial charge in [-0.25, -0.2) is 0 Å². The van der Waals surface area contributed by atoms with Crippen LogP contribution in [0.4, 0.5) is 0 Å². The maximum atomic E-state index is 11.0. The quantitative estimate of drug-likeness (QED) is 0.510. The van der Waals surface area contributed by atoms with Crippen molar-refractivity contribution < 1.29 is 9.59 Å². The molecule has 0 fully saturated rings. The van der Waals surface area contributed by atoms with Gasteiger partial charge in [0, 0.05) is 21.0 Å². The Hall–Kier alpha value is -0.820. The van der Waals surface area contributed by atoms with Crippen molar-refractivity contribution in [2.75, 3.05) is 19.8 Å². The van der Waals surface area contributed by atoms with E-state index in [1.165, 1.54) is 18.7 Å². The van der Waals surface area contributed by atoms with Gasteiger partial charge in [-0.3, -0.25) is 20.4 Å². The van der Waals surface area contributed by atoms with Crippen LogP contribution in [0, 0.1) is 0 Å². The van der Waals surface area contributed by atoms with E-state index in [1.54, 1.807) is 19.0 Å². The first kappa shape index (κ1) is 13.2. The number of carbonyl (C=O) groups is 2. The minimum Gasteiger partial charge on any atom is -0.364 e. The lowest BCUT2D eigenvalue weighted by molar-refractivity contribution is -0.126. The Balaban J connectivity index is 3.64. The Kier molecular flexibility index (Phi) is 6.22. The fourth-order valence-electron chi connectivity index (χ4n) is 0.450. The molecule has 2 amide bonds. The Morgan fingerprint density at radius 3 is 2.36 bits per heavy atom. The summed E-state index contributed by atoms with van der Waals surface area (Å²) in [5.41, 5.74) is 4.43. The summed E-state index contributed by atoms with van der Waals surface area (Å²) in [6.45, 7) is 1.32. The first-order chi connectivity index (χ1) is 6.43. The Bertz CT molecular complexity index is 243. The van der Waals surface area contributed by atoms with Crippen LogP contribution in [-0.2, 0) is 9.59 Å². The molecule has 0 aromatic heterocycles. The van der Waals surface area contributed by atoms with E-state index in [4.69, 9.17) is 12.2 Å². The zero-order valence-corrected chi connectivity index (χ0v) is 9.92. The lowest BCUT2D eigenvalue weighted by atomic mass is 10.7. The predicted octanol–water partition coefficient (Wildman–Crippen LogP) is -0.267. The molecule has 0 rings (SSSR count). The number of hydrogen-bond donors (Lipinski definition) is 2. The summed E-state index contributed by atoms with van der Waals surface area (Å²) in [7, 11) is 3.61. The van der Waals surface area contributed by atoms with E-state index < -0.39 is 0 Å². The van der Waals surface area contributed by atoms with Crippen molar-refractivity contribution in [3.8, 4) is 0 Å². The van der Waals surface area contributed by atoms with E-state index in [-0.39, 0.29) is 17.6 Å². The zero-order chi connectivity index (χ0) is 11.1. The third-order valence-electron chi connectivity index (χ3n) is 1.07. The summed E-state index contributed by atoms with van der Waals surface area (Å²) < 4.78 is 0.628. The SMILES string of the molecule is CC(=O)NNC(=O)CSC(=S)N(C)C. The van der Waals surface area contributed by atoms with Crippen LogP contribution in [0.1, 0.15) is 6.92 Å². The van der Waals surface area contributed by atoms with Gasteiger partial charge in [0.15, 0.2) is 0 Å². The highest BCUT2D eigenvalue weighted by Crippen LogP contribution is 2.05. The monoisotopic (exact) mass is 235 g/mol. The van der Waals surface area contributed by atoms with Gasteiger partial charge in [0.1, 0.15) is 4.32 Å². The lowest BCUT2D eigenvalue weighted by Crippen LogP contribution is -2.41. The van der Waals surface area contributed by atoms with E-state index in [1.807, 2.05) is 0 Å². The largest absolute Gasteiger partial charge is 0.364 e. The minimum absolute atomic E-state index is 0.192. The highest BCUT2D eigenvalue weighted by atomic mass is 32.2. The first-order valence-corrected chi connectivity index (χ1v) is 5.22. The number of carbonyl (C=O) groups excluding carboxylic acids is 2. The number of hydrazine groups is 1. The molecule has 0 bridgehead atoms. The van der Waals surface area contributed by atoms with E-state index in [0.717, 1.165) is 0 Å². The van der Waals surface area contributed by atoms with Gasteiger partial charge in [-0.1, -0.05) is 24.0 Å². The zero-order valence-electron chi connectivity index (χ0n) is 8.29. The summed E-state index contributed by atoms with van der Waals surface area (Å²) in [5.74, 6) is -0.398. The average molecular weight is 235 g/mol. The molecule has 2 N–H and O–H groups in total. The van der Waals surface area contributed by atoms with Crippen LogP contribution < -0.4 is 10.9 Å². The fourth-order valence-corrected chi connectivity index (χ4v) is 1.21. The highest BCUT2D eigenvalue weighted by Gasteiger charge is 2.05. The van der Waals surface area contributed by atoms with Gasteiger partial charge >= 0.3 is 0 Å².